The van der Waals surface area contributed by atoms with Gasteiger partial charge >= 0.3 is 0 Å². The maximum Gasteiger partial charge on any atom is 0.0637 e. The number of hydrogen-bond donors (Lipinski definition) is 1. The maximum absolute atomic E-state index is 6.15. The molecular weight excluding hydrogens is 292 g/mol. The third-order valence-corrected chi connectivity index (χ3v) is 4.09. The Labute approximate surface area is 133 Å². The molecule has 0 saturated heterocycles. The van der Waals surface area contributed by atoms with Gasteiger partial charge in [0.2, 0.25) is 0 Å². The molecule has 0 unspecified atom stereocenters. The fourth-order valence-corrected chi connectivity index (χ4v) is 2.82. The molecule has 0 atom stereocenters. The van der Waals surface area contributed by atoms with Gasteiger partial charge in [-0.3, -0.25) is 4.99 Å². The van der Waals surface area contributed by atoms with Crippen molar-refractivity contribution in [2.75, 3.05) is 0 Å². The van der Waals surface area contributed by atoms with Crippen molar-refractivity contribution in [2.45, 2.75) is 0 Å². The van der Waals surface area contributed by atoms with Crippen molar-refractivity contribution in [3.63, 3.8) is 0 Å². The van der Waals surface area contributed by atoms with Crippen LogP contribution in [0.4, 0.5) is 5.69 Å². The number of H-pyrrole nitrogens is 1. The molecule has 0 aliphatic rings. The minimum atomic E-state index is 0.708. The van der Waals surface area contributed by atoms with Gasteiger partial charge < -0.3 is 4.98 Å². The smallest absolute Gasteiger partial charge is 0.0637 e. The Morgan fingerprint density at radius 2 is 1.59 bits per heavy atom. The number of rotatable bonds is 2. The highest BCUT2D eigenvalue weighted by Crippen LogP contribution is 2.28. The van der Waals surface area contributed by atoms with Gasteiger partial charge in [-0.05, 0) is 30.3 Å². The van der Waals surface area contributed by atoms with Crippen LogP contribution in [0.2, 0.25) is 5.02 Å². The number of aromatic amines is 1. The van der Waals surface area contributed by atoms with Crippen molar-refractivity contribution in [3.8, 4) is 0 Å². The molecule has 22 heavy (non-hydrogen) atoms. The summed E-state index contributed by atoms with van der Waals surface area (Å²) in [5, 5.41) is 3.11. The lowest BCUT2D eigenvalue weighted by atomic mass is 10.1. The molecule has 4 aromatic rings. The van der Waals surface area contributed by atoms with Gasteiger partial charge in [0.1, 0.15) is 0 Å². The molecule has 0 amide bonds. The lowest BCUT2D eigenvalue weighted by molar-refractivity contribution is 1.52. The van der Waals surface area contributed by atoms with E-state index in [1.54, 1.807) is 6.21 Å². The second-order valence-corrected chi connectivity index (χ2v) is 5.59. The molecule has 0 aliphatic heterocycles. The SMILES string of the molecule is Clc1ccccc1C=Nc1ccc2[nH]c3ccccc3c2c1. The van der Waals surface area contributed by atoms with Gasteiger partial charge in [0.25, 0.3) is 0 Å². The van der Waals surface area contributed by atoms with E-state index in [0.717, 1.165) is 22.3 Å². The van der Waals surface area contributed by atoms with Crippen LogP contribution in [0.3, 0.4) is 0 Å². The van der Waals surface area contributed by atoms with Crippen LogP contribution < -0.4 is 0 Å². The highest BCUT2D eigenvalue weighted by molar-refractivity contribution is 6.33. The molecule has 0 bridgehead atoms. The summed E-state index contributed by atoms with van der Waals surface area (Å²) < 4.78 is 0. The Hall–Kier alpha value is -2.58. The number of nitrogens with one attached hydrogen (secondary N) is 1. The standard InChI is InChI=1S/C19H13ClN2/c20-17-7-3-1-5-13(17)12-21-14-9-10-19-16(11-14)15-6-2-4-8-18(15)22-19/h1-12,22H. The van der Waals surface area contributed by atoms with Crippen molar-refractivity contribution >= 4 is 45.3 Å². The Morgan fingerprint density at radius 3 is 2.50 bits per heavy atom. The summed E-state index contributed by atoms with van der Waals surface area (Å²) in [6.07, 6.45) is 1.80. The van der Waals surface area contributed by atoms with E-state index in [0.29, 0.717) is 5.02 Å². The first kappa shape index (κ1) is 13.1. The maximum atomic E-state index is 6.15. The Morgan fingerprint density at radius 1 is 0.818 bits per heavy atom. The van der Waals surface area contributed by atoms with Gasteiger partial charge in [-0.2, -0.15) is 0 Å². The fourth-order valence-electron chi connectivity index (χ4n) is 2.64. The second-order valence-electron chi connectivity index (χ2n) is 5.18. The first-order chi connectivity index (χ1) is 10.8. The van der Waals surface area contributed by atoms with E-state index in [1.165, 1.54) is 10.8 Å². The predicted molar refractivity (Wildman–Crippen MR) is 94.5 cm³/mol. The average molecular weight is 305 g/mol. The molecule has 0 fully saturated rings. The van der Waals surface area contributed by atoms with Crippen LogP contribution in [0.25, 0.3) is 21.8 Å². The van der Waals surface area contributed by atoms with E-state index in [-0.39, 0.29) is 0 Å². The molecule has 0 radical (unpaired) electrons. The van der Waals surface area contributed by atoms with E-state index in [1.807, 2.05) is 36.4 Å². The zero-order valence-electron chi connectivity index (χ0n) is 11.8. The van der Waals surface area contributed by atoms with Crippen LogP contribution in [0.5, 0.6) is 0 Å². The molecule has 3 aromatic carbocycles. The Balaban J connectivity index is 1.79. The van der Waals surface area contributed by atoms with E-state index in [9.17, 15) is 0 Å². The van der Waals surface area contributed by atoms with Crippen molar-refractivity contribution in [1.82, 2.24) is 4.98 Å². The lowest BCUT2D eigenvalue weighted by Crippen LogP contribution is -1.81. The van der Waals surface area contributed by atoms with Gasteiger partial charge in [0.05, 0.1) is 5.69 Å². The lowest BCUT2D eigenvalue weighted by Gasteiger charge is -1.98. The van der Waals surface area contributed by atoms with Crippen LogP contribution in [-0.4, -0.2) is 11.2 Å². The molecule has 2 nitrogen and oxygen atoms in total. The number of fused-ring (bicyclic) bond motifs is 3. The molecule has 1 heterocycles. The van der Waals surface area contributed by atoms with Crippen LogP contribution in [0.15, 0.2) is 71.7 Å². The summed E-state index contributed by atoms with van der Waals surface area (Å²) in [5.74, 6) is 0. The zero-order chi connectivity index (χ0) is 14.9. The molecule has 4 rings (SSSR count). The van der Waals surface area contributed by atoms with E-state index < -0.39 is 0 Å². The first-order valence-corrected chi connectivity index (χ1v) is 7.48. The monoisotopic (exact) mass is 304 g/mol. The minimum absolute atomic E-state index is 0.708. The summed E-state index contributed by atoms with van der Waals surface area (Å²) in [6, 6.07) is 22.2. The molecule has 1 aromatic heterocycles. The Bertz CT molecular complexity index is 999. The topological polar surface area (TPSA) is 28.1 Å². The van der Waals surface area contributed by atoms with Crippen LogP contribution in [0, 0.1) is 0 Å². The summed E-state index contributed by atoms with van der Waals surface area (Å²) in [7, 11) is 0. The third kappa shape index (κ3) is 2.28. The largest absolute Gasteiger partial charge is 0.355 e. The van der Waals surface area contributed by atoms with E-state index in [2.05, 4.69) is 40.3 Å². The number of para-hydroxylation sites is 1. The molecular formula is C19H13ClN2. The number of halogens is 1. The van der Waals surface area contributed by atoms with Gasteiger partial charge in [0, 0.05) is 38.6 Å². The predicted octanol–water partition coefficient (Wildman–Crippen LogP) is 5.73. The summed E-state index contributed by atoms with van der Waals surface area (Å²) in [4.78, 5) is 7.97. The molecule has 0 spiro atoms. The zero-order valence-corrected chi connectivity index (χ0v) is 12.5. The number of hydrogen-bond acceptors (Lipinski definition) is 1. The molecule has 0 saturated carbocycles. The molecule has 1 N–H and O–H groups in total. The third-order valence-electron chi connectivity index (χ3n) is 3.75. The highest BCUT2D eigenvalue weighted by atomic mass is 35.5. The molecule has 0 aliphatic carbocycles. The average Bonchev–Trinajstić information content (AvgIpc) is 2.92. The van der Waals surface area contributed by atoms with Crippen LogP contribution in [0.1, 0.15) is 5.56 Å². The Kier molecular flexibility index (Phi) is 3.17. The number of aliphatic imine (C=N–C) groups is 1. The molecule has 3 heteroatoms. The van der Waals surface area contributed by atoms with Crippen LogP contribution in [-0.2, 0) is 0 Å². The van der Waals surface area contributed by atoms with Gasteiger partial charge in [0.15, 0.2) is 0 Å². The van der Waals surface area contributed by atoms with E-state index in [4.69, 9.17) is 11.6 Å². The second kappa shape index (κ2) is 5.32. The van der Waals surface area contributed by atoms with Gasteiger partial charge in [-0.1, -0.05) is 48.0 Å². The van der Waals surface area contributed by atoms with Crippen molar-refractivity contribution in [3.05, 3.63) is 77.3 Å². The quantitative estimate of drug-likeness (QED) is 0.458. The summed E-state index contributed by atoms with van der Waals surface area (Å²) >= 11 is 6.15. The first-order valence-electron chi connectivity index (χ1n) is 7.10. The summed E-state index contributed by atoms with van der Waals surface area (Å²) in [6.45, 7) is 0. The minimum Gasteiger partial charge on any atom is -0.355 e. The van der Waals surface area contributed by atoms with E-state index >= 15 is 0 Å². The van der Waals surface area contributed by atoms with Crippen molar-refractivity contribution in [2.24, 2.45) is 4.99 Å². The van der Waals surface area contributed by atoms with Crippen molar-refractivity contribution in [1.29, 1.82) is 0 Å². The summed E-state index contributed by atoms with van der Waals surface area (Å²) in [5.41, 5.74) is 4.10. The molecule has 106 valence electrons. The normalized spacial score (nSPS) is 11.7. The number of nitrogens with zero attached hydrogens (tertiary/aromatic N) is 1. The van der Waals surface area contributed by atoms with Crippen molar-refractivity contribution < 1.29 is 0 Å². The highest BCUT2D eigenvalue weighted by Gasteiger charge is 2.04. The number of aromatic nitrogens is 1. The fraction of sp³-hybridized carbons (Fsp3) is 0. The van der Waals surface area contributed by atoms with Gasteiger partial charge in [-0.15, -0.1) is 0 Å². The number of benzene rings is 3. The van der Waals surface area contributed by atoms with Crippen LogP contribution >= 0.6 is 11.6 Å². The van der Waals surface area contributed by atoms with Gasteiger partial charge in [-0.25, -0.2) is 0 Å².